The zero-order chi connectivity index (χ0) is 18.3. The van der Waals surface area contributed by atoms with Gasteiger partial charge in [-0.2, -0.15) is 5.10 Å². The highest BCUT2D eigenvalue weighted by Gasteiger charge is 2.48. The second-order valence-corrected chi connectivity index (χ2v) is 7.68. The summed E-state index contributed by atoms with van der Waals surface area (Å²) in [6, 6.07) is 6.20. The lowest BCUT2D eigenvalue weighted by molar-refractivity contribution is 0.0171. The van der Waals surface area contributed by atoms with E-state index in [-0.39, 0.29) is 5.41 Å². The van der Waals surface area contributed by atoms with Gasteiger partial charge in [-0.15, -0.1) is 0 Å². The molecule has 0 radical (unpaired) electrons. The van der Waals surface area contributed by atoms with Crippen molar-refractivity contribution in [2.75, 3.05) is 31.2 Å². The number of hydrogen-bond acceptors (Lipinski definition) is 5. The van der Waals surface area contributed by atoms with Gasteiger partial charge in [0.15, 0.2) is 0 Å². The largest absolute Gasteiger partial charge is 0.381 e. The van der Waals surface area contributed by atoms with Crippen LogP contribution in [-0.4, -0.2) is 50.6 Å². The molecule has 1 atom stereocenters. The van der Waals surface area contributed by atoms with Crippen LogP contribution in [0.2, 0.25) is 0 Å². The van der Waals surface area contributed by atoms with Crippen LogP contribution in [0.25, 0.3) is 5.82 Å². The average Bonchev–Trinajstić information content (AvgIpc) is 3.43. The minimum absolute atomic E-state index is 0.230. The molecule has 1 unspecified atom stereocenters. The van der Waals surface area contributed by atoms with Crippen molar-refractivity contribution in [3.63, 3.8) is 0 Å². The van der Waals surface area contributed by atoms with Gasteiger partial charge in [-0.25, -0.2) is 9.97 Å². The number of anilines is 1. The van der Waals surface area contributed by atoms with Gasteiger partial charge in [0.1, 0.15) is 18.0 Å². The number of aryl methyl sites for hydroxylation is 1. The fourth-order valence-corrected chi connectivity index (χ4v) is 4.63. The zero-order valence-electron chi connectivity index (χ0n) is 15.5. The van der Waals surface area contributed by atoms with Crippen LogP contribution >= 0.6 is 0 Å². The third-order valence-corrected chi connectivity index (χ3v) is 6.08. The molecule has 0 N–H and O–H groups in total. The molecule has 0 saturated carbocycles. The number of nitrogens with zero attached hydrogens (tertiary/aromatic N) is 6. The molecule has 5 rings (SSSR count). The van der Waals surface area contributed by atoms with Gasteiger partial charge in [-0.05, 0) is 30.5 Å². The number of hydrogen-bond donors (Lipinski definition) is 0. The summed E-state index contributed by atoms with van der Waals surface area (Å²) < 4.78 is 9.54. The number of ether oxygens (including phenoxy) is 1. The third-order valence-electron chi connectivity index (χ3n) is 6.08. The quantitative estimate of drug-likeness (QED) is 0.714. The smallest absolute Gasteiger partial charge is 0.140 e. The maximum Gasteiger partial charge on any atom is 0.140 e. The predicted octanol–water partition coefficient (Wildman–Crippen LogP) is 2.40. The lowest BCUT2D eigenvalue weighted by Gasteiger charge is -2.37. The monoisotopic (exact) mass is 364 g/mol. The lowest BCUT2D eigenvalue weighted by atomic mass is 9.70. The maximum absolute atomic E-state index is 5.69. The molecule has 140 valence electrons. The van der Waals surface area contributed by atoms with Crippen LogP contribution in [0, 0.1) is 5.41 Å². The topological polar surface area (TPSA) is 61.0 Å². The van der Waals surface area contributed by atoms with Gasteiger partial charge in [0, 0.05) is 63.3 Å². The van der Waals surface area contributed by atoms with E-state index >= 15 is 0 Å². The molecule has 5 heterocycles. The van der Waals surface area contributed by atoms with E-state index in [0.717, 1.165) is 50.8 Å². The summed E-state index contributed by atoms with van der Waals surface area (Å²) in [7, 11) is 1.99. The van der Waals surface area contributed by atoms with Gasteiger partial charge >= 0.3 is 0 Å². The van der Waals surface area contributed by atoms with Crippen LogP contribution in [0.5, 0.6) is 0 Å². The van der Waals surface area contributed by atoms with Crippen molar-refractivity contribution >= 4 is 5.82 Å². The highest BCUT2D eigenvalue weighted by atomic mass is 16.5. The summed E-state index contributed by atoms with van der Waals surface area (Å²) in [6.07, 6.45) is 11.9. The van der Waals surface area contributed by atoms with Crippen molar-refractivity contribution < 1.29 is 4.74 Å². The number of pyridine rings is 1. The number of rotatable bonds is 3. The summed E-state index contributed by atoms with van der Waals surface area (Å²) in [5.74, 6) is 2.38. The summed E-state index contributed by atoms with van der Waals surface area (Å²) in [5.41, 5.74) is 1.56. The van der Waals surface area contributed by atoms with Crippen molar-refractivity contribution in [3.8, 4) is 5.82 Å². The Morgan fingerprint density at radius 2 is 2.04 bits per heavy atom. The standard InChI is InChI=1S/C20H24N6O/c1-24-12-16(11-22-24)17-13-26(14-20(17)5-9-27-10-6-20)19-4-2-3-18(23-19)25-8-7-21-15-25/h2-4,7-8,11-12,15,17H,5-6,9-10,13-14H2,1H3. The second-order valence-electron chi connectivity index (χ2n) is 7.68. The van der Waals surface area contributed by atoms with E-state index < -0.39 is 0 Å². The van der Waals surface area contributed by atoms with Gasteiger partial charge in [0.2, 0.25) is 0 Å². The molecule has 0 amide bonds. The van der Waals surface area contributed by atoms with Crippen LogP contribution < -0.4 is 4.90 Å². The maximum atomic E-state index is 5.69. The Kier molecular flexibility index (Phi) is 3.97. The van der Waals surface area contributed by atoms with Crippen molar-refractivity contribution in [1.29, 1.82) is 0 Å². The third kappa shape index (κ3) is 2.92. The Balaban J connectivity index is 1.48. The Labute approximate surface area is 158 Å². The Morgan fingerprint density at radius 1 is 1.19 bits per heavy atom. The Morgan fingerprint density at radius 3 is 2.78 bits per heavy atom. The molecule has 0 bridgehead atoms. The average molecular weight is 364 g/mol. The van der Waals surface area contributed by atoms with Crippen LogP contribution in [0.15, 0.2) is 49.3 Å². The van der Waals surface area contributed by atoms with E-state index in [1.165, 1.54) is 5.56 Å². The van der Waals surface area contributed by atoms with E-state index in [1.807, 2.05) is 34.8 Å². The fraction of sp³-hybridized carbons (Fsp3) is 0.450. The first kappa shape index (κ1) is 16.5. The summed E-state index contributed by atoms with van der Waals surface area (Å²) in [5, 5.41) is 4.43. The summed E-state index contributed by atoms with van der Waals surface area (Å²) >= 11 is 0. The van der Waals surface area contributed by atoms with E-state index in [4.69, 9.17) is 9.72 Å². The lowest BCUT2D eigenvalue weighted by Crippen LogP contribution is -2.36. The van der Waals surface area contributed by atoms with Crippen molar-refractivity contribution in [3.05, 3.63) is 54.9 Å². The molecule has 1 spiro atoms. The van der Waals surface area contributed by atoms with Crippen molar-refractivity contribution in [2.24, 2.45) is 12.5 Å². The Bertz CT molecular complexity index is 912. The van der Waals surface area contributed by atoms with Crippen molar-refractivity contribution in [1.82, 2.24) is 24.3 Å². The molecule has 3 aromatic heterocycles. The van der Waals surface area contributed by atoms with Crippen LogP contribution in [0.1, 0.15) is 24.3 Å². The fourth-order valence-electron chi connectivity index (χ4n) is 4.63. The van der Waals surface area contributed by atoms with Crippen LogP contribution in [0.3, 0.4) is 0 Å². The molecule has 3 aromatic rings. The molecular weight excluding hydrogens is 340 g/mol. The van der Waals surface area contributed by atoms with Gasteiger partial charge in [0.25, 0.3) is 0 Å². The molecule has 0 aliphatic carbocycles. The van der Waals surface area contributed by atoms with E-state index in [0.29, 0.717) is 5.92 Å². The minimum atomic E-state index is 0.230. The molecule has 2 aliphatic heterocycles. The molecule has 0 aromatic carbocycles. The van der Waals surface area contributed by atoms with E-state index in [2.05, 4.69) is 33.3 Å². The molecule has 7 nitrogen and oxygen atoms in total. The second kappa shape index (κ2) is 6.49. The highest BCUT2D eigenvalue weighted by molar-refractivity contribution is 5.46. The molecule has 2 saturated heterocycles. The van der Waals surface area contributed by atoms with Gasteiger partial charge in [0.05, 0.1) is 6.20 Å². The first-order chi connectivity index (χ1) is 13.2. The molecule has 7 heteroatoms. The van der Waals surface area contributed by atoms with Crippen LogP contribution in [0.4, 0.5) is 5.82 Å². The van der Waals surface area contributed by atoms with Gasteiger partial charge in [-0.3, -0.25) is 9.25 Å². The number of imidazole rings is 1. The molecule has 2 aliphatic rings. The van der Waals surface area contributed by atoms with Gasteiger partial charge in [-0.1, -0.05) is 6.07 Å². The zero-order valence-corrected chi connectivity index (χ0v) is 15.5. The minimum Gasteiger partial charge on any atom is -0.381 e. The first-order valence-corrected chi connectivity index (χ1v) is 9.50. The molecule has 27 heavy (non-hydrogen) atoms. The first-order valence-electron chi connectivity index (χ1n) is 9.50. The van der Waals surface area contributed by atoms with Crippen molar-refractivity contribution in [2.45, 2.75) is 18.8 Å². The van der Waals surface area contributed by atoms with E-state index in [9.17, 15) is 0 Å². The molecule has 2 fully saturated rings. The van der Waals surface area contributed by atoms with Gasteiger partial charge < -0.3 is 9.64 Å². The van der Waals surface area contributed by atoms with Crippen LogP contribution in [-0.2, 0) is 11.8 Å². The molecular formula is C20H24N6O. The predicted molar refractivity (Wildman–Crippen MR) is 102 cm³/mol. The SMILES string of the molecule is Cn1cc(C2CN(c3cccc(-n4ccnc4)n3)CC23CCOCC3)cn1. The normalized spacial score (nSPS) is 21.8. The number of aromatic nitrogens is 5. The highest BCUT2D eigenvalue weighted by Crippen LogP contribution is 2.50. The van der Waals surface area contributed by atoms with E-state index in [1.54, 1.807) is 12.5 Å². The summed E-state index contributed by atoms with van der Waals surface area (Å²) in [6.45, 7) is 3.66. The summed E-state index contributed by atoms with van der Waals surface area (Å²) in [4.78, 5) is 11.5. The Hall–Kier alpha value is -2.67.